The van der Waals surface area contributed by atoms with Gasteiger partial charge >= 0.3 is 0 Å². The number of furan rings is 1. The van der Waals surface area contributed by atoms with Gasteiger partial charge in [-0.25, -0.2) is 4.99 Å². The molecule has 3 rings (SSSR count). The van der Waals surface area contributed by atoms with Crippen LogP contribution in [0.15, 0.2) is 58.1 Å². The molecule has 2 heterocycles. The lowest BCUT2D eigenvalue weighted by molar-refractivity contribution is -0.0265. The minimum absolute atomic E-state index is 0.0940. The fourth-order valence-corrected chi connectivity index (χ4v) is 3.53. The van der Waals surface area contributed by atoms with Gasteiger partial charge in [-0.05, 0) is 44.4 Å². The van der Waals surface area contributed by atoms with E-state index in [1.807, 2.05) is 13.0 Å². The Balaban J connectivity index is 1.63. The zero-order valence-electron chi connectivity index (χ0n) is 16.7. The van der Waals surface area contributed by atoms with Crippen LogP contribution >= 0.6 is 0 Å². The summed E-state index contributed by atoms with van der Waals surface area (Å²) in [4.78, 5) is 4.57. The second-order valence-corrected chi connectivity index (χ2v) is 7.43. The van der Waals surface area contributed by atoms with E-state index in [4.69, 9.17) is 9.15 Å². The van der Waals surface area contributed by atoms with Gasteiger partial charge < -0.3 is 24.9 Å². The van der Waals surface area contributed by atoms with E-state index in [1.165, 1.54) is 5.56 Å². The third-order valence-corrected chi connectivity index (χ3v) is 5.05. The van der Waals surface area contributed by atoms with Gasteiger partial charge in [0.2, 0.25) is 0 Å². The number of nitrogens with zero attached hydrogens (tertiary/aromatic N) is 1. The van der Waals surface area contributed by atoms with Crippen LogP contribution in [0, 0.1) is 5.92 Å². The van der Waals surface area contributed by atoms with Gasteiger partial charge in [-0.2, -0.15) is 0 Å². The largest absolute Gasteiger partial charge is 0.466 e. The first-order valence-electron chi connectivity index (χ1n) is 10.0. The molecule has 0 saturated carbocycles. The number of aliphatic hydroxyl groups is 1. The molecule has 1 aromatic carbocycles. The minimum atomic E-state index is -1.15. The molecule has 6 nitrogen and oxygen atoms in total. The number of hydrogen-bond donors (Lipinski definition) is 3. The number of nitrogens with one attached hydrogen (secondary N) is 2. The first-order valence-corrected chi connectivity index (χ1v) is 10.0. The summed E-state index contributed by atoms with van der Waals surface area (Å²) in [6, 6.07) is 13.9. The predicted molar refractivity (Wildman–Crippen MR) is 110 cm³/mol. The Morgan fingerprint density at radius 2 is 2.04 bits per heavy atom. The summed E-state index contributed by atoms with van der Waals surface area (Å²) in [5.74, 6) is 1.56. The van der Waals surface area contributed by atoms with Crippen molar-refractivity contribution in [2.24, 2.45) is 10.9 Å². The lowest BCUT2D eigenvalue weighted by atomic mass is 9.89. The van der Waals surface area contributed by atoms with Crippen LogP contribution in [0.1, 0.15) is 44.1 Å². The SMILES string of the molecule is CCNC(=NCC(C)(O)c1ccco1)NCC1CCCOC1c1ccccc1. The number of guanidine groups is 1. The Kier molecular flexibility index (Phi) is 7.12. The molecule has 1 fully saturated rings. The molecule has 1 saturated heterocycles. The van der Waals surface area contributed by atoms with Crippen molar-refractivity contribution < 1.29 is 14.3 Å². The molecule has 6 heteroatoms. The van der Waals surface area contributed by atoms with Gasteiger partial charge in [-0.3, -0.25) is 0 Å². The maximum atomic E-state index is 10.6. The molecule has 3 unspecified atom stereocenters. The molecule has 1 aliphatic rings. The van der Waals surface area contributed by atoms with Crippen LogP contribution in [0.2, 0.25) is 0 Å². The van der Waals surface area contributed by atoms with Crippen LogP contribution in [0.3, 0.4) is 0 Å². The smallest absolute Gasteiger partial charge is 0.191 e. The van der Waals surface area contributed by atoms with Crippen LogP contribution < -0.4 is 10.6 Å². The molecule has 0 radical (unpaired) electrons. The van der Waals surface area contributed by atoms with Crippen molar-refractivity contribution in [2.75, 3.05) is 26.2 Å². The molecular weight excluding hydrogens is 354 g/mol. The van der Waals surface area contributed by atoms with E-state index in [0.717, 1.165) is 32.5 Å². The molecule has 0 amide bonds. The number of ether oxygens (including phenoxy) is 1. The molecular formula is C22H31N3O3. The Morgan fingerprint density at radius 1 is 1.21 bits per heavy atom. The normalized spacial score (nSPS) is 22.5. The van der Waals surface area contributed by atoms with E-state index in [0.29, 0.717) is 17.6 Å². The van der Waals surface area contributed by atoms with E-state index in [2.05, 4.69) is 39.9 Å². The third-order valence-electron chi connectivity index (χ3n) is 5.05. The Bertz CT molecular complexity index is 729. The molecule has 3 N–H and O–H groups in total. The molecule has 1 aromatic heterocycles. The van der Waals surface area contributed by atoms with Crippen LogP contribution in [-0.4, -0.2) is 37.3 Å². The van der Waals surface area contributed by atoms with Crippen molar-refractivity contribution in [2.45, 2.75) is 38.4 Å². The minimum Gasteiger partial charge on any atom is -0.466 e. The maximum Gasteiger partial charge on any atom is 0.191 e. The fourth-order valence-electron chi connectivity index (χ4n) is 3.53. The number of rotatable bonds is 7. The quantitative estimate of drug-likeness (QED) is 0.504. The fraction of sp³-hybridized carbons (Fsp3) is 0.500. The highest BCUT2D eigenvalue weighted by atomic mass is 16.5. The topological polar surface area (TPSA) is 79.0 Å². The molecule has 0 aliphatic carbocycles. The summed E-state index contributed by atoms with van der Waals surface area (Å²) in [6.07, 6.45) is 3.83. The van der Waals surface area contributed by atoms with Crippen LogP contribution in [0.25, 0.3) is 0 Å². The summed E-state index contributed by atoms with van der Waals surface area (Å²) >= 11 is 0. The van der Waals surface area contributed by atoms with E-state index < -0.39 is 5.60 Å². The monoisotopic (exact) mass is 385 g/mol. The van der Waals surface area contributed by atoms with Crippen molar-refractivity contribution in [3.63, 3.8) is 0 Å². The lowest BCUT2D eigenvalue weighted by Crippen LogP contribution is -2.42. The van der Waals surface area contributed by atoms with Crippen molar-refractivity contribution in [1.29, 1.82) is 0 Å². The average Bonchev–Trinajstić information content (AvgIpc) is 3.27. The van der Waals surface area contributed by atoms with Gasteiger partial charge in [-0.1, -0.05) is 30.3 Å². The summed E-state index contributed by atoms with van der Waals surface area (Å²) in [7, 11) is 0. The summed E-state index contributed by atoms with van der Waals surface area (Å²) in [6.45, 7) is 6.25. The number of benzene rings is 1. The number of aliphatic imine (C=N–C) groups is 1. The van der Waals surface area contributed by atoms with Gasteiger partial charge in [0.25, 0.3) is 0 Å². The molecule has 0 bridgehead atoms. The molecule has 1 aliphatic heterocycles. The van der Waals surface area contributed by atoms with Crippen molar-refractivity contribution in [3.05, 3.63) is 60.1 Å². The first kappa shape index (κ1) is 20.4. The predicted octanol–water partition coefficient (Wildman–Crippen LogP) is 3.21. The zero-order valence-corrected chi connectivity index (χ0v) is 16.7. The molecule has 3 atom stereocenters. The zero-order chi connectivity index (χ0) is 19.8. The highest BCUT2D eigenvalue weighted by Crippen LogP contribution is 2.33. The molecule has 152 valence electrons. The highest BCUT2D eigenvalue weighted by Gasteiger charge is 2.28. The summed E-state index contributed by atoms with van der Waals surface area (Å²) < 4.78 is 11.4. The molecule has 2 aromatic rings. The second kappa shape index (κ2) is 9.75. The Hall–Kier alpha value is -2.31. The van der Waals surface area contributed by atoms with Gasteiger partial charge in [-0.15, -0.1) is 0 Å². The van der Waals surface area contributed by atoms with Crippen LogP contribution in [0.4, 0.5) is 0 Å². The van der Waals surface area contributed by atoms with Gasteiger partial charge in [0.15, 0.2) is 5.96 Å². The Labute approximate surface area is 167 Å². The van der Waals surface area contributed by atoms with E-state index >= 15 is 0 Å². The van der Waals surface area contributed by atoms with Gasteiger partial charge in [0.05, 0.1) is 18.9 Å². The van der Waals surface area contributed by atoms with Crippen molar-refractivity contribution in [1.82, 2.24) is 10.6 Å². The standard InChI is InChI=1S/C22H31N3O3/c1-3-23-21(25-16-22(2,26)19-12-8-13-27-19)24-15-18-11-7-14-28-20(18)17-9-5-4-6-10-17/h4-6,8-10,12-13,18,20,26H,3,7,11,14-16H2,1-2H3,(H2,23,24,25). The van der Waals surface area contributed by atoms with Crippen LogP contribution in [0.5, 0.6) is 0 Å². The average molecular weight is 386 g/mol. The molecule has 28 heavy (non-hydrogen) atoms. The van der Waals surface area contributed by atoms with E-state index in [1.54, 1.807) is 25.3 Å². The first-order chi connectivity index (χ1) is 13.6. The Morgan fingerprint density at radius 3 is 2.75 bits per heavy atom. The lowest BCUT2D eigenvalue weighted by Gasteiger charge is -2.32. The summed E-state index contributed by atoms with van der Waals surface area (Å²) in [5.41, 5.74) is 0.0727. The van der Waals surface area contributed by atoms with E-state index in [-0.39, 0.29) is 12.6 Å². The van der Waals surface area contributed by atoms with Gasteiger partial charge in [0.1, 0.15) is 11.4 Å². The van der Waals surface area contributed by atoms with E-state index in [9.17, 15) is 5.11 Å². The third kappa shape index (κ3) is 5.36. The van der Waals surface area contributed by atoms with Crippen LogP contribution in [-0.2, 0) is 10.3 Å². The maximum absolute atomic E-state index is 10.6. The van der Waals surface area contributed by atoms with Crippen molar-refractivity contribution >= 4 is 5.96 Å². The van der Waals surface area contributed by atoms with Gasteiger partial charge in [0, 0.05) is 25.6 Å². The molecule has 0 spiro atoms. The summed E-state index contributed by atoms with van der Waals surface area (Å²) in [5, 5.41) is 17.3. The van der Waals surface area contributed by atoms with Crippen molar-refractivity contribution in [3.8, 4) is 0 Å². The highest BCUT2D eigenvalue weighted by molar-refractivity contribution is 5.79. The second-order valence-electron chi connectivity index (χ2n) is 7.43. The number of hydrogen-bond acceptors (Lipinski definition) is 4.